The molecule has 4 heterocycles. The number of anilines is 2. The summed E-state index contributed by atoms with van der Waals surface area (Å²) in [5.74, 6) is 0.640. The monoisotopic (exact) mass is 559 g/mol. The zero-order chi connectivity index (χ0) is 28.4. The molecular formula is C27H32F3N7O3. The highest BCUT2D eigenvalue weighted by Crippen LogP contribution is 2.33. The molecule has 2 unspecified atom stereocenters. The van der Waals surface area contributed by atoms with Crippen molar-refractivity contribution in [3.05, 3.63) is 54.2 Å². The van der Waals surface area contributed by atoms with Crippen LogP contribution in [0, 0.1) is 13.8 Å². The van der Waals surface area contributed by atoms with Gasteiger partial charge < -0.3 is 24.8 Å². The number of carbonyl (C=O) groups is 1. The molecule has 2 fully saturated rings. The highest BCUT2D eigenvalue weighted by Gasteiger charge is 2.40. The topological polar surface area (TPSA) is 109 Å². The first-order valence-corrected chi connectivity index (χ1v) is 13.1. The molecule has 0 bridgehead atoms. The molecule has 2 aliphatic heterocycles. The number of aryl methyl sites for hydroxylation is 2. The summed E-state index contributed by atoms with van der Waals surface area (Å²) >= 11 is 0. The Labute approximate surface area is 229 Å². The molecule has 2 saturated heterocycles. The molecule has 0 spiro atoms. The van der Waals surface area contributed by atoms with Gasteiger partial charge in [0.1, 0.15) is 23.5 Å². The number of hydrogen-bond acceptors (Lipinski definition) is 9. The molecule has 13 heteroatoms. The Morgan fingerprint density at radius 3 is 2.80 bits per heavy atom. The fourth-order valence-electron chi connectivity index (χ4n) is 5.57. The number of aromatic nitrogens is 3. The van der Waals surface area contributed by atoms with E-state index in [1.807, 2.05) is 13.8 Å². The molecule has 0 saturated carbocycles. The minimum absolute atomic E-state index is 0.157. The Balaban J connectivity index is 1.22. The molecular weight excluding hydrogens is 527 g/mol. The number of ether oxygens (including phenoxy) is 1. The van der Waals surface area contributed by atoms with E-state index in [0.717, 1.165) is 48.8 Å². The van der Waals surface area contributed by atoms with Crippen LogP contribution in [0.15, 0.2) is 41.7 Å². The van der Waals surface area contributed by atoms with Crippen molar-refractivity contribution in [1.82, 2.24) is 25.3 Å². The third-order valence-electron chi connectivity index (χ3n) is 7.44. The van der Waals surface area contributed by atoms with E-state index in [0.29, 0.717) is 25.2 Å². The minimum Gasteiger partial charge on any atom is -0.371 e. The number of likely N-dealkylation sites (tertiary alicyclic amines) is 1. The Kier molecular flexibility index (Phi) is 7.95. The van der Waals surface area contributed by atoms with Gasteiger partial charge >= 0.3 is 6.18 Å². The largest absolute Gasteiger partial charge is 0.416 e. The zero-order valence-electron chi connectivity index (χ0n) is 22.4. The molecule has 214 valence electrons. The second-order valence-corrected chi connectivity index (χ2v) is 10.2. The van der Waals surface area contributed by atoms with Crippen molar-refractivity contribution in [3.63, 3.8) is 0 Å². The number of amides is 1. The average Bonchev–Trinajstić information content (AvgIpc) is 3.64. The van der Waals surface area contributed by atoms with Crippen molar-refractivity contribution in [2.75, 3.05) is 49.5 Å². The Morgan fingerprint density at radius 1 is 1.25 bits per heavy atom. The van der Waals surface area contributed by atoms with Gasteiger partial charge in [0, 0.05) is 37.6 Å². The first-order valence-electron chi connectivity index (χ1n) is 13.1. The van der Waals surface area contributed by atoms with E-state index in [1.54, 1.807) is 6.08 Å². The van der Waals surface area contributed by atoms with Crippen LogP contribution in [-0.2, 0) is 15.7 Å². The summed E-state index contributed by atoms with van der Waals surface area (Å²) in [7, 11) is 0. The van der Waals surface area contributed by atoms with Gasteiger partial charge in [0.05, 0.1) is 36.4 Å². The van der Waals surface area contributed by atoms with Gasteiger partial charge in [-0.25, -0.2) is 9.97 Å². The lowest BCUT2D eigenvalue weighted by atomic mass is 10.1. The number of nitrogens with zero attached hydrogens (tertiary/aromatic N) is 5. The Morgan fingerprint density at radius 2 is 2.08 bits per heavy atom. The molecule has 40 heavy (non-hydrogen) atoms. The van der Waals surface area contributed by atoms with E-state index in [2.05, 4.69) is 42.1 Å². The van der Waals surface area contributed by atoms with Gasteiger partial charge in [0.2, 0.25) is 5.91 Å². The maximum Gasteiger partial charge on any atom is 0.416 e. The Hall–Kier alpha value is -3.71. The average molecular weight is 560 g/mol. The summed E-state index contributed by atoms with van der Waals surface area (Å²) in [6.45, 7) is 10.7. The maximum atomic E-state index is 13.2. The molecule has 3 atom stereocenters. The minimum atomic E-state index is -4.50. The molecule has 0 aliphatic carbocycles. The second-order valence-electron chi connectivity index (χ2n) is 10.2. The van der Waals surface area contributed by atoms with Crippen molar-refractivity contribution < 1.29 is 27.2 Å². The molecule has 5 rings (SSSR count). The number of carbonyl (C=O) groups excluding carboxylic acids is 1. The van der Waals surface area contributed by atoms with Crippen LogP contribution in [0.3, 0.4) is 0 Å². The summed E-state index contributed by atoms with van der Waals surface area (Å²) in [5, 5.41) is 10.2. The summed E-state index contributed by atoms with van der Waals surface area (Å²) < 4.78 is 51.0. The third kappa shape index (κ3) is 5.89. The van der Waals surface area contributed by atoms with Crippen LogP contribution in [-0.4, -0.2) is 83.5 Å². The van der Waals surface area contributed by atoms with Crippen LogP contribution >= 0.6 is 0 Å². The summed E-state index contributed by atoms with van der Waals surface area (Å²) in [6.07, 6.45) is -0.855. The van der Waals surface area contributed by atoms with Gasteiger partial charge in [0.25, 0.3) is 0 Å². The lowest BCUT2D eigenvalue weighted by Gasteiger charge is -2.24. The van der Waals surface area contributed by atoms with Crippen LogP contribution in [0.2, 0.25) is 0 Å². The molecule has 1 aromatic carbocycles. The fourth-order valence-corrected chi connectivity index (χ4v) is 5.57. The number of alkyl halides is 3. The van der Waals surface area contributed by atoms with Gasteiger partial charge in [-0.3, -0.25) is 9.69 Å². The van der Waals surface area contributed by atoms with Gasteiger partial charge in [-0.2, -0.15) is 13.2 Å². The van der Waals surface area contributed by atoms with Gasteiger partial charge in [-0.05, 0) is 38.5 Å². The normalized spacial score (nSPS) is 21.7. The van der Waals surface area contributed by atoms with Crippen molar-refractivity contribution in [3.8, 4) is 0 Å². The van der Waals surface area contributed by atoms with E-state index < -0.39 is 11.7 Å². The van der Waals surface area contributed by atoms with Crippen LogP contribution < -0.4 is 15.5 Å². The van der Waals surface area contributed by atoms with Crippen LogP contribution in [0.1, 0.15) is 23.4 Å². The van der Waals surface area contributed by atoms with E-state index >= 15 is 0 Å². The van der Waals surface area contributed by atoms with Crippen LogP contribution in [0.4, 0.5) is 24.7 Å². The molecule has 0 radical (unpaired) electrons. The number of fused-ring (bicyclic) bond motifs is 1. The molecule has 2 aromatic heterocycles. The first kappa shape index (κ1) is 27.8. The summed E-state index contributed by atoms with van der Waals surface area (Å²) in [4.78, 5) is 25.7. The van der Waals surface area contributed by atoms with Crippen molar-refractivity contribution in [1.29, 1.82) is 0 Å². The molecule has 3 aromatic rings. The molecule has 2 N–H and O–H groups in total. The van der Waals surface area contributed by atoms with E-state index in [9.17, 15) is 18.0 Å². The van der Waals surface area contributed by atoms with Crippen molar-refractivity contribution >= 4 is 28.3 Å². The van der Waals surface area contributed by atoms with E-state index in [-0.39, 0.29) is 41.8 Å². The maximum absolute atomic E-state index is 13.2. The Bertz CT molecular complexity index is 1360. The quantitative estimate of drug-likeness (QED) is 0.382. The van der Waals surface area contributed by atoms with Gasteiger partial charge in [-0.15, -0.1) is 6.58 Å². The van der Waals surface area contributed by atoms with E-state index in [4.69, 9.17) is 9.26 Å². The van der Waals surface area contributed by atoms with Gasteiger partial charge in [0.15, 0.2) is 5.76 Å². The third-order valence-corrected chi connectivity index (χ3v) is 7.44. The van der Waals surface area contributed by atoms with Crippen LogP contribution in [0.5, 0.6) is 0 Å². The second kappa shape index (κ2) is 11.4. The lowest BCUT2D eigenvalue weighted by Crippen LogP contribution is -2.46. The predicted molar refractivity (Wildman–Crippen MR) is 143 cm³/mol. The number of benzene rings is 1. The SMILES string of the molecule is C=CCO[C@H]1CN(C2CCN(c3c(C)noc3C)C2)CC1NC(=O)CNc1ncnc2ccc(C(F)(F)F)cc12. The highest BCUT2D eigenvalue weighted by atomic mass is 19.4. The number of nitrogens with one attached hydrogen (secondary N) is 2. The zero-order valence-corrected chi connectivity index (χ0v) is 22.4. The summed E-state index contributed by atoms with van der Waals surface area (Å²) in [5.41, 5.74) is 1.44. The number of halogens is 3. The predicted octanol–water partition coefficient (Wildman–Crippen LogP) is 3.32. The molecule has 1 amide bonds. The fraction of sp³-hybridized carbons (Fsp3) is 0.481. The molecule has 10 nitrogen and oxygen atoms in total. The summed E-state index contributed by atoms with van der Waals surface area (Å²) in [6, 6.07) is 3.26. The smallest absolute Gasteiger partial charge is 0.371 e. The highest BCUT2D eigenvalue weighted by molar-refractivity contribution is 5.91. The van der Waals surface area contributed by atoms with Gasteiger partial charge in [-0.1, -0.05) is 11.2 Å². The van der Waals surface area contributed by atoms with Crippen LogP contribution in [0.25, 0.3) is 10.9 Å². The number of hydrogen-bond donors (Lipinski definition) is 2. The number of rotatable bonds is 9. The first-order chi connectivity index (χ1) is 19.1. The standard InChI is InChI=1S/C27H32F3N7O3/c1-4-9-39-23-14-37(19-7-8-36(12-19)25-16(2)35-40-17(25)3)13-22(23)34-24(38)11-31-26-20-10-18(27(28,29)30)5-6-21(20)32-15-33-26/h4-6,10,15,19,22-23H,1,7-9,11-14H2,2-3H3,(H,34,38)(H,31,32,33)/t19?,22?,23-/m0/s1. The van der Waals surface area contributed by atoms with E-state index in [1.165, 1.54) is 12.4 Å². The van der Waals surface area contributed by atoms with Crippen molar-refractivity contribution in [2.24, 2.45) is 0 Å². The molecule has 2 aliphatic rings. The lowest BCUT2D eigenvalue weighted by molar-refractivity contribution is -0.137. The van der Waals surface area contributed by atoms with Crippen molar-refractivity contribution in [2.45, 2.75) is 44.6 Å².